The summed E-state index contributed by atoms with van der Waals surface area (Å²) >= 11 is 0. The minimum Gasteiger partial charge on any atom is -0.351 e. The van der Waals surface area contributed by atoms with E-state index in [0.717, 1.165) is 5.39 Å². The molecule has 4 rings (SSSR count). The zero-order chi connectivity index (χ0) is 21.3. The van der Waals surface area contributed by atoms with E-state index >= 15 is 0 Å². The first-order valence-corrected chi connectivity index (χ1v) is 11.0. The third-order valence-corrected chi connectivity index (χ3v) is 6.68. The van der Waals surface area contributed by atoms with Crippen LogP contribution in [-0.4, -0.2) is 56.6 Å². The number of H-pyrrole nitrogens is 1. The van der Waals surface area contributed by atoms with Crippen molar-refractivity contribution in [3.8, 4) is 0 Å². The van der Waals surface area contributed by atoms with Crippen molar-refractivity contribution in [2.45, 2.75) is 9.92 Å². The van der Waals surface area contributed by atoms with Gasteiger partial charge >= 0.3 is 0 Å². The lowest BCUT2D eigenvalue weighted by molar-refractivity contribution is 0.0951. The highest BCUT2D eigenvalue weighted by atomic mass is 32.2. The molecule has 1 heterocycles. The number of nitrogens with one attached hydrogen (secondary N) is 2. The highest BCUT2D eigenvalue weighted by Gasteiger charge is 2.26. The molecule has 154 valence electrons. The summed E-state index contributed by atoms with van der Waals surface area (Å²) in [5.41, 5.74) is 0.940. The summed E-state index contributed by atoms with van der Waals surface area (Å²) in [5, 5.41) is 11.5. The van der Waals surface area contributed by atoms with E-state index in [4.69, 9.17) is 0 Å². The van der Waals surface area contributed by atoms with Crippen LogP contribution in [0.5, 0.6) is 0 Å². The van der Waals surface area contributed by atoms with Gasteiger partial charge < -0.3 is 10.2 Å². The van der Waals surface area contributed by atoms with Gasteiger partial charge in [-0.1, -0.05) is 36.4 Å². The second-order valence-electron chi connectivity index (χ2n) is 7.33. The van der Waals surface area contributed by atoms with Crippen LogP contribution in [0.1, 0.15) is 10.4 Å². The van der Waals surface area contributed by atoms with Crippen molar-refractivity contribution in [2.75, 3.05) is 27.2 Å². The van der Waals surface area contributed by atoms with Crippen LogP contribution in [0.25, 0.3) is 21.7 Å². The van der Waals surface area contributed by atoms with Crippen LogP contribution in [0.3, 0.4) is 0 Å². The zero-order valence-corrected chi connectivity index (χ0v) is 17.5. The summed E-state index contributed by atoms with van der Waals surface area (Å²) in [6.07, 6.45) is 0. The Morgan fingerprint density at radius 1 is 1.03 bits per heavy atom. The van der Waals surface area contributed by atoms with Crippen LogP contribution in [0, 0.1) is 0 Å². The maximum atomic E-state index is 13.5. The number of aromatic amines is 1. The second kappa shape index (κ2) is 7.89. The highest BCUT2D eigenvalue weighted by Crippen LogP contribution is 2.31. The molecule has 0 saturated carbocycles. The highest BCUT2D eigenvalue weighted by molar-refractivity contribution is 7.91. The monoisotopic (exact) mass is 422 g/mol. The van der Waals surface area contributed by atoms with E-state index in [2.05, 4.69) is 15.5 Å². The van der Waals surface area contributed by atoms with Gasteiger partial charge in [0, 0.05) is 29.4 Å². The smallest absolute Gasteiger partial charge is 0.251 e. The van der Waals surface area contributed by atoms with E-state index in [1.165, 1.54) is 0 Å². The zero-order valence-electron chi connectivity index (χ0n) is 16.7. The Kier molecular flexibility index (Phi) is 5.27. The molecule has 0 radical (unpaired) electrons. The van der Waals surface area contributed by atoms with Crippen molar-refractivity contribution < 1.29 is 13.2 Å². The fourth-order valence-corrected chi connectivity index (χ4v) is 4.93. The van der Waals surface area contributed by atoms with Crippen LogP contribution in [0.2, 0.25) is 0 Å². The number of benzene rings is 3. The fraction of sp³-hybridized carbons (Fsp3) is 0.182. The maximum absolute atomic E-state index is 13.5. The molecule has 0 saturated heterocycles. The number of hydrogen-bond donors (Lipinski definition) is 2. The Balaban J connectivity index is 1.76. The summed E-state index contributed by atoms with van der Waals surface area (Å²) in [7, 11) is -0.0508. The van der Waals surface area contributed by atoms with E-state index in [1.807, 2.05) is 37.2 Å². The minimum atomic E-state index is -3.90. The molecule has 0 aliphatic rings. The average molecular weight is 423 g/mol. The molecule has 0 unspecified atom stereocenters. The SMILES string of the molecule is CN(C)CCNC(=O)c1ccc2[nH]nc(S(=O)(=O)c3cccc4ccccc34)c2c1. The lowest BCUT2D eigenvalue weighted by atomic mass is 10.1. The van der Waals surface area contributed by atoms with E-state index in [-0.39, 0.29) is 15.8 Å². The third kappa shape index (κ3) is 3.67. The molecule has 1 aromatic heterocycles. The van der Waals surface area contributed by atoms with Crippen LogP contribution in [0.4, 0.5) is 0 Å². The van der Waals surface area contributed by atoms with E-state index in [1.54, 1.807) is 42.5 Å². The second-order valence-corrected chi connectivity index (χ2v) is 9.16. The summed E-state index contributed by atoms with van der Waals surface area (Å²) in [6.45, 7) is 1.21. The van der Waals surface area contributed by atoms with Gasteiger partial charge in [-0.2, -0.15) is 5.10 Å². The summed E-state index contributed by atoms with van der Waals surface area (Å²) in [5.74, 6) is -0.256. The lowest BCUT2D eigenvalue weighted by Gasteiger charge is -2.10. The van der Waals surface area contributed by atoms with Crippen LogP contribution in [-0.2, 0) is 9.84 Å². The Labute approximate surface area is 174 Å². The number of aromatic nitrogens is 2. The summed E-state index contributed by atoms with van der Waals surface area (Å²) in [4.78, 5) is 14.6. The van der Waals surface area contributed by atoms with Gasteiger partial charge in [-0.15, -0.1) is 0 Å². The molecule has 1 amide bonds. The molecule has 3 aromatic carbocycles. The molecule has 30 heavy (non-hydrogen) atoms. The van der Waals surface area contributed by atoms with Gasteiger partial charge in [-0.05, 0) is 43.7 Å². The Bertz CT molecular complexity index is 1340. The topological polar surface area (TPSA) is 95.2 Å². The molecule has 0 aliphatic heterocycles. The van der Waals surface area contributed by atoms with Crippen molar-refractivity contribution in [3.05, 3.63) is 66.2 Å². The van der Waals surface area contributed by atoms with Gasteiger partial charge in [0.2, 0.25) is 9.84 Å². The van der Waals surface area contributed by atoms with Crippen molar-refractivity contribution in [3.63, 3.8) is 0 Å². The number of carbonyl (C=O) groups excluding carboxylic acids is 1. The number of fused-ring (bicyclic) bond motifs is 2. The van der Waals surface area contributed by atoms with Gasteiger partial charge in [0.05, 0.1) is 10.4 Å². The molecule has 0 bridgehead atoms. The minimum absolute atomic E-state index is 0.0863. The van der Waals surface area contributed by atoms with Gasteiger partial charge in [0.1, 0.15) is 0 Å². The molecule has 0 atom stereocenters. The first kappa shape index (κ1) is 20.1. The predicted molar refractivity (Wildman–Crippen MR) is 116 cm³/mol. The predicted octanol–water partition coefficient (Wildman–Crippen LogP) is 2.84. The molecule has 4 aromatic rings. The van der Waals surface area contributed by atoms with Crippen molar-refractivity contribution >= 4 is 37.4 Å². The molecular weight excluding hydrogens is 400 g/mol. The van der Waals surface area contributed by atoms with Crippen LogP contribution >= 0.6 is 0 Å². The number of carbonyl (C=O) groups is 1. The van der Waals surface area contributed by atoms with E-state index in [9.17, 15) is 13.2 Å². The number of likely N-dealkylation sites (N-methyl/N-ethyl adjacent to an activating group) is 1. The number of nitrogens with zero attached hydrogens (tertiary/aromatic N) is 2. The Hall–Kier alpha value is -3.23. The quantitative estimate of drug-likeness (QED) is 0.498. The number of amides is 1. The molecular formula is C22H22N4O3S. The van der Waals surface area contributed by atoms with Gasteiger partial charge in [-0.3, -0.25) is 9.89 Å². The van der Waals surface area contributed by atoms with Crippen LogP contribution in [0.15, 0.2) is 70.6 Å². The molecule has 0 aliphatic carbocycles. The Morgan fingerprint density at radius 2 is 1.80 bits per heavy atom. The first-order chi connectivity index (χ1) is 14.4. The first-order valence-electron chi connectivity index (χ1n) is 9.52. The van der Waals surface area contributed by atoms with E-state index < -0.39 is 9.84 Å². The standard InChI is InChI=1S/C22H22N4O3S/c1-26(2)13-12-23-21(27)16-10-11-19-18(14-16)22(25-24-19)30(28,29)20-9-5-7-15-6-3-4-8-17(15)20/h3-11,14H,12-13H2,1-2H3,(H,23,27)(H,24,25). The maximum Gasteiger partial charge on any atom is 0.251 e. The van der Waals surface area contributed by atoms with Gasteiger partial charge in [0.25, 0.3) is 5.91 Å². The van der Waals surface area contributed by atoms with Crippen molar-refractivity contribution in [2.24, 2.45) is 0 Å². The number of rotatable bonds is 6. The molecule has 0 fully saturated rings. The molecule has 8 heteroatoms. The fourth-order valence-electron chi connectivity index (χ4n) is 3.37. The Morgan fingerprint density at radius 3 is 2.60 bits per heavy atom. The lowest BCUT2D eigenvalue weighted by Crippen LogP contribution is -2.31. The third-order valence-electron chi connectivity index (χ3n) is 4.93. The number of hydrogen-bond acceptors (Lipinski definition) is 5. The van der Waals surface area contributed by atoms with Crippen molar-refractivity contribution in [1.29, 1.82) is 0 Å². The van der Waals surface area contributed by atoms with Crippen LogP contribution < -0.4 is 5.32 Å². The number of sulfone groups is 1. The molecule has 0 spiro atoms. The van der Waals surface area contributed by atoms with Gasteiger partial charge in [-0.25, -0.2) is 8.42 Å². The summed E-state index contributed by atoms with van der Waals surface area (Å²) in [6, 6.07) is 17.4. The van der Waals surface area contributed by atoms with Gasteiger partial charge in [0.15, 0.2) is 5.03 Å². The average Bonchev–Trinajstić information content (AvgIpc) is 3.17. The largest absolute Gasteiger partial charge is 0.351 e. The normalized spacial score (nSPS) is 12.0. The van der Waals surface area contributed by atoms with E-state index in [0.29, 0.717) is 34.9 Å². The molecule has 2 N–H and O–H groups in total. The molecule has 7 nitrogen and oxygen atoms in total. The summed E-state index contributed by atoms with van der Waals surface area (Å²) < 4.78 is 26.9. The van der Waals surface area contributed by atoms with Crippen molar-refractivity contribution in [1.82, 2.24) is 20.4 Å².